The lowest BCUT2D eigenvalue weighted by Crippen LogP contribution is -2.18. The summed E-state index contributed by atoms with van der Waals surface area (Å²) in [5.41, 5.74) is -1.42. The molecule has 0 atom stereocenters. The van der Waals surface area contributed by atoms with E-state index in [0.717, 1.165) is 12.1 Å². The molecule has 0 spiro atoms. The average Bonchev–Trinajstić information content (AvgIpc) is 2.41. The predicted octanol–water partition coefficient (Wildman–Crippen LogP) is 1.99. The molecule has 0 saturated carbocycles. The molecule has 0 aliphatic carbocycles. The van der Waals surface area contributed by atoms with Gasteiger partial charge in [-0.3, -0.25) is 0 Å². The summed E-state index contributed by atoms with van der Waals surface area (Å²) >= 11 is 0. The molecule has 1 aromatic carbocycles. The number of aromatic nitrogens is 1. The summed E-state index contributed by atoms with van der Waals surface area (Å²) in [6.07, 6.45) is 0. The van der Waals surface area contributed by atoms with Gasteiger partial charge in [-0.1, -0.05) is 0 Å². The summed E-state index contributed by atoms with van der Waals surface area (Å²) in [6.45, 7) is 0. The Morgan fingerprint density at radius 1 is 1.38 bits per heavy atom. The molecule has 0 amide bonds. The minimum absolute atomic E-state index is 0.0518. The lowest BCUT2D eigenvalue weighted by Gasteiger charge is -2.12. The van der Waals surface area contributed by atoms with E-state index in [0.29, 0.717) is 6.07 Å². The van der Waals surface area contributed by atoms with Gasteiger partial charge in [0.2, 0.25) is 0 Å². The minimum atomic E-state index is -0.902. The number of nitriles is 1. The first-order valence-electron chi connectivity index (χ1n) is 5.77. The van der Waals surface area contributed by atoms with E-state index in [9.17, 15) is 13.6 Å². The number of anilines is 3. The van der Waals surface area contributed by atoms with E-state index in [1.54, 1.807) is 20.2 Å². The molecule has 0 saturated heterocycles. The molecule has 0 aliphatic rings. The fraction of sp³-hybridized carbons (Fsp3) is 0.154. The molecule has 0 aliphatic heterocycles. The highest BCUT2D eigenvalue weighted by molar-refractivity contribution is 5.63. The van der Waals surface area contributed by atoms with Crippen LogP contribution in [0.5, 0.6) is 0 Å². The van der Waals surface area contributed by atoms with Gasteiger partial charge < -0.3 is 14.6 Å². The fourth-order valence-electron chi connectivity index (χ4n) is 1.50. The topological polar surface area (TPSA) is 82.2 Å². The monoisotopic (exact) mass is 292 g/mol. The molecular formula is C13H10F2N4O2. The highest BCUT2D eigenvalue weighted by atomic mass is 19.1. The molecule has 108 valence electrons. The maximum absolute atomic E-state index is 13.6. The Morgan fingerprint density at radius 2 is 2.10 bits per heavy atom. The van der Waals surface area contributed by atoms with E-state index in [4.69, 9.17) is 9.68 Å². The van der Waals surface area contributed by atoms with Crippen LogP contribution in [0.4, 0.5) is 26.3 Å². The van der Waals surface area contributed by atoms with E-state index in [2.05, 4.69) is 10.3 Å². The lowest BCUT2D eigenvalue weighted by molar-refractivity contribution is 0.491. The first-order chi connectivity index (χ1) is 9.92. The van der Waals surface area contributed by atoms with Crippen LogP contribution in [-0.4, -0.2) is 19.1 Å². The molecule has 0 radical (unpaired) electrons. The summed E-state index contributed by atoms with van der Waals surface area (Å²) < 4.78 is 31.3. The zero-order valence-corrected chi connectivity index (χ0v) is 11.1. The highest BCUT2D eigenvalue weighted by Gasteiger charge is 2.16. The van der Waals surface area contributed by atoms with E-state index in [1.807, 2.05) is 0 Å². The van der Waals surface area contributed by atoms with E-state index >= 15 is 0 Å². The van der Waals surface area contributed by atoms with E-state index in [-0.39, 0.29) is 17.5 Å². The van der Waals surface area contributed by atoms with Crippen LogP contribution in [-0.2, 0) is 0 Å². The van der Waals surface area contributed by atoms with Crippen LogP contribution in [0.3, 0.4) is 0 Å². The quantitative estimate of drug-likeness (QED) is 0.931. The van der Waals surface area contributed by atoms with Crippen molar-refractivity contribution in [3.63, 3.8) is 0 Å². The second kappa shape index (κ2) is 5.58. The minimum Gasteiger partial charge on any atom is -0.388 e. The average molecular weight is 292 g/mol. The number of hydrogen-bond acceptors (Lipinski definition) is 6. The highest BCUT2D eigenvalue weighted by Crippen LogP contribution is 2.22. The van der Waals surface area contributed by atoms with E-state index in [1.165, 1.54) is 4.90 Å². The third-order valence-corrected chi connectivity index (χ3v) is 2.51. The molecule has 8 heteroatoms. The number of hydrogen-bond donors (Lipinski definition) is 1. The van der Waals surface area contributed by atoms with Crippen LogP contribution in [0.2, 0.25) is 0 Å². The third-order valence-electron chi connectivity index (χ3n) is 2.51. The molecule has 0 unspecified atom stereocenters. The summed E-state index contributed by atoms with van der Waals surface area (Å²) in [5.74, 6) is -1.78. The maximum Gasteiger partial charge on any atom is 0.360 e. The zero-order valence-electron chi connectivity index (χ0n) is 11.1. The van der Waals surface area contributed by atoms with Crippen molar-refractivity contribution in [2.75, 3.05) is 24.3 Å². The van der Waals surface area contributed by atoms with Crippen molar-refractivity contribution in [3.8, 4) is 6.07 Å². The predicted molar refractivity (Wildman–Crippen MR) is 71.5 cm³/mol. The van der Waals surface area contributed by atoms with E-state index < -0.39 is 22.8 Å². The van der Waals surface area contributed by atoms with Crippen molar-refractivity contribution in [1.82, 2.24) is 4.98 Å². The van der Waals surface area contributed by atoms with Crippen LogP contribution in [0.15, 0.2) is 27.4 Å². The van der Waals surface area contributed by atoms with Crippen molar-refractivity contribution < 1.29 is 13.2 Å². The largest absolute Gasteiger partial charge is 0.388 e. The first kappa shape index (κ1) is 14.5. The van der Waals surface area contributed by atoms with Gasteiger partial charge in [0.1, 0.15) is 17.7 Å². The molecule has 2 aromatic rings. The standard InChI is InChI=1S/C13H10F2N4O2/c1-19(2)13-18-11(8(6-16)12(20)21-13)17-10-4-3-7(14)5-9(10)15/h3-5,17H,1-2H3. The molecule has 1 N–H and O–H groups in total. The molecule has 6 nitrogen and oxygen atoms in total. The van der Waals surface area contributed by atoms with Gasteiger partial charge in [-0.15, -0.1) is 0 Å². The van der Waals surface area contributed by atoms with Gasteiger partial charge in [0.05, 0.1) is 5.69 Å². The first-order valence-corrected chi connectivity index (χ1v) is 5.77. The molecular weight excluding hydrogens is 282 g/mol. The van der Waals surface area contributed by atoms with Crippen LogP contribution >= 0.6 is 0 Å². The van der Waals surface area contributed by atoms with Crippen LogP contribution in [0.1, 0.15) is 5.56 Å². The molecule has 1 heterocycles. The van der Waals surface area contributed by atoms with Gasteiger partial charge in [-0.25, -0.2) is 13.6 Å². The van der Waals surface area contributed by atoms with Crippen molar-refractivity contribution in [1.29, 1.82) is 5.26 Å². The van der Waals surface area contributed by atoms with Crippen LogP contribution in [0.25, 0.3) is 0 Å². The normalized spacial score (nSPS) is 10.0. The number of benzene rings is 1. The Hall–Kier alpha value is -2.95. The molecule has 21 heavy (non-hydrogen) atoms. The fourth-order valence-corrected chi connectivity index (χ4v) is 1.50. The van der Waals surface area contributed by atoms with Crippen molar-refractivity contribution >= 4 is 17.5 Å². The van der Waals surface area contributed by atoms with Crippen molar-refractivity contribution in [2.45, 2.75) is 0 Å². The molecule has 2 rings (SSSR count). The Morgan fingerprint density at radius 3 is 2.67 bits per heavy atom. The Labute approximate surface area is 118 Å². The van der Waals surface area contributed by atoms with Gasteiger partial charge >= 0.3 is 11.6 Å². The van der Waals surface area contributed by atoms with Crippen LogP contribution in [0, 0.1) is 23.0 Å². The Balaban J connectivity index is 2.52. The maximum atomic E-state index is 13.6. The van der Waals surface area contributed by atoms with Gasteiger partial charge in [-0.2, -0.15) is 10.2 Å². The summed E-state index contributed by atoms with van der Waals surface area (Å²) in [4.78, 5) is 17.0. The van der Waals surface area contributed by atoms with Gasteiger partial charge in [0.25, 0.3) is 0 Å². The smallest absolute Gasteiger partial charge is 0.360 e. The SMILES string of the molecule is CN(C)c1nc(Nc2ccc(F)cc2F)c(C#N)c(=O)o1. The third kappa shape index (κ3) is 2.97. The number of halogens is 2. The second-order valence-electron chi connectivity index (χ2n) is 4.26. The van der Waals surface area contributed by atoms with Crippen molar-refractivity contribution in [3.05, 3.63) is 45.8 Å². The van der Waals surface area contributed by atoms with Gasteiger partial charge in [0, 0.05) is 20.2 Å². The molecule has 0 bridgehead atoms. The van der Waals surface area contributed by atoms with Gasteiger partial charge in [-0.05, 0) is 12.1 Å². The van der Waals surface area contributed by atoms with Crippen molar-refractivity contribution in [2.24, 2.45) is 0 Å². The second-order valence-corrected chi connectivity index (χ2v) is 4.26. The number of nitrogens with one attached hydrogen (secondary N) is 1. The lowest BCUT2D eigenvalue weighted by atomic mass is 10.2. The molecule has 1 aromatic heterocycles. The Kier molecular flexibility index (Phi) is 3.84. The zero-order chi connectivity index (χ0) is 15.6. The molecule has 0 fully saturated rings. The Bertz CT molecular complexity index is 781. The number of rotatable bonds is 3. The van der Waals surface area contributed by atoms with Crippen LogP contribution < -0.4 is 15.8 Å². The van der Waals surface area contributed by atoms with Gasteiger partial charge in [0.15, 0.2) is 11.4 Å². The summed E-state index contributed by atoms with van der Waals surface area (Å²) in [7, 11) is 3.17. The summed E-state index contributed by atoms with van der Waals surface area (Å²) in [5, 5.41) is 11.5. The summed E-state index contributed by atoms with van der Waals surface area (Å²) in [6, 6.07) is 4.43. The number of nitrogens with zero attached hydrogens (tertiary/aromatic N) is 3.